The maximum absolute atomic E-state index is 14.4. The van der Waals surface area contributed by atoms with E-state index in [-0.39, 0.29) is 11.7 Å². The van der Waals surface area contributed by atoms with E-state index in [1.807, 2.05) is 0 Å². The fourth-order valence-corrected chi connectivity index (χ4v) is 2.28. The molecule has 0 aliphatic rings. The van der Waals surface area contributed by atoms with Crippen LogP contribution in [0.4, 0.5) is 4.39 Å². The molecule has 1 atom stereocenters. The normalized spacial score (nSPS) is 12.1. The third kappa shape index (κ3) is 3.24. The van der Waals surface area contributed by atoms with E-state index in [1.54, 1.807) is 30.6 Å². The molecule has 1 unspecified atom stereocenters. The zero-order chi connectivity index (χ0) is 16.2. The van der Waals surface area contributed by atoms with Crippen molar-refractivity contribution in [2.75, 3.05) is 5.75 Å². The lowest BCUT2D eigenvalue weighted by Gasteiger charge is -2.17. The first kappa shape index (κ1) is 15.2. The van der Waals surface area contributed by atoms with Crippen molar-refractivity contribution in [2.24, 2.45) is 0 Å². The number of rotatable bonds is 5. The van der Waals surface area contributed by atoms with Crippen molar-refractivity contribution in [1.29, 1.82) is 0 Å². The van der Waals surface area contributed by atoms with Gasteiger partial charge >= 0.3 is 0 Å². The van der Waals surface area contributed by atoms with E-state index < -0.39 is 11.9 Å². The number of nitrogens with zero attached hydrogens (tertiary/aromatic N) is 4. The number of H-pyrrole nitrogens is 1. The minimum absolute atomic E-state index is 0.0161. The fraction of sp³-hybridized carbons (Fsp3) is 0.143. The monoisotopic (exact) mass is 332 g/mol. The number of carbonyl (C=O) groups is 1. The molecule has 2 heterocycles. The van der Waals surface area contributed by atoms with E-state index in [1.165, 1.54) is 16.9 Å². The molecule has 7 nitrogen and oxygen atoms in total. The van der Waals surface area contributed by atoms with Crippen LogP contribution in [-0.2, 0) is 4.79 Å². The first-order chi connectivity index (χ1) is 11.2. The number of aromatic nitrogens is 5. The van der Waals surface area contributed by atoms with Gasteiger partial charge in [0.25, 0.3) is 0 Å². The van der Waals surface area contributed by atoms with Gasteiger partial charge in [0.05, 0.1) is 11.9 Å². The second kappa shape index (κ2) is 6.61. The Hall–Kier alpha value is -2.68. The highest BCUT2D eigenvalue weighted by molar-refractivity contribution is 7.81. The summed E-state index contributed by atoms with van der Waals surface area (Å²) in [7, 11) is 0. The second-order valence-electron chi connectivity index (χ2n) is 4.71. The molecular weight excluding hydrogens is 319 g/mol. The van der Waals surface area contributed by atoms with Crippen LogP contribution >= 0.6 is 12.6 Å². The number of benzene rings is 1. The van der Waals surface area contributed by atoms with Crippen LogP contribution in [0, 0.1) is 5.82 Å². The second-order valence-corrected chi connectivity index (χ2v) is 5.03. The van der Waals surface area contributed by atoms with Crippen molar-refractivity contribution >= 4 is 18.5 Å². The van der Waals surface area contributed by atoms with Gasteiger partial charge in [0.15, 0.2) is 0 Å². The minimum atomic E-state index is -0.616. The first-order valence-corrected chi connectivity index (χ1v) is 7.37. The number of aromatic amines is 1. The van der Waals surface area contributed by atoms with E-state index in [0.29, 0.717) is 16.9 Å². The van der Waals surface area contributed by atoms with Crippen LogP contribution in [0.15, 0.2) is 42.9 Å². The van der Waals surface area contributed by atoms with Crippen LogP contribution < -0.4 is 5.32 Å². The summed E-state index contributed by atoms with van der Waals surface area (Å²) in [6.45, 7) is 0. The Labute approximate surface area is 136 Å². The summed E-state index contributed by atoms with van der Waals surface area (Å²) in [6.07, 6.45) is 4.69. The standard InChI is InChI=1S/C14H13FN6OS/c15-10-6-9(2-3-12(10)21-5-1-4-17-21)14(18-13(22)8-23)11-7-16-20-19-11/h1-7,14,23H,8H2,(H,18,22)(H,16,19,20). The highest BCUT2D eigenvalue weighted by atomic mass is 32.1. The Bertz CT molecular complexity index is 790. The van der Waals surface area contributed by atoms with Gasteiger partial charge in [0.2, 0.25) is 5.91 Å². The quantitative estimate of drug-likeness (QED) is 0.614. The lowest BCUT2D eigenvalue weighted by atomic mass is 10.0. The minimum Gasteiger partial charge on any atom is -0.343 e. The Morgan fingerprint density at radius 2 is 2.35 bits per heavy atom. The zero-order valence-corrected chi connectivity index (χ0v) is 12.7. The first-order valence-electron chi connectivity index (χ1n) is 6.74. The number of thiol groups is 1. The van der Waals surface area contributed by atoms with Crippen LogP contribution in [0.2, 0.25) is 0 Å². The highest BCUT2D eigenvalue weighted by Crippen LogP contribution is 2.23. The summed E-state index contributed by atoms with van der Waals surface area (Å²) in [5.74, 6) is -0.736. The lowest BCUT2D eigenvalue weighted by molar-refractivity contribution is -0.119. The Kier molecular flexibility index (Phi) is 4.38. The summed E-state index contributed by atoms with van der Waals surface area (Å²) < 4.78 is 15.8. The molecule has 0 fully saturated rings. The summed E-state index contributed by atoms with van der Waals surface area (Å²) in [4.78, 5) is 11.7. The molecule has 0 bridgehead atoms. The average molecular weight is 332 g/mol. The number of hydrogen-bond acceptors (Lipinski definition) is 5. The van der Waals surface area contributed by atoms with Gasteiger partial charge in [0, 0.05) is 12.4 Å². The van der Waals surface area contributed by atoms with Gasteiger partial charge < -0.3 is 5.32 Å². The van der Waals surface area contributed by atoms with Gasteiger partial charge in [-0.15, -0.1) is 0 Å². The highest BCUT2D eigenvalue weighted by Gasteiger charge is 2.20. The van der Waals surface area contributed by atoms with E-state index in [2.05, 4.69) is 38.5 Å². The van der Waals surface area contributed by atoms with Crippen molar-refractivity contribution in [2.45, 2.75) is 6.04 Å². The predicted molar refractivity (Wildman–Crippen MR) is 83.7 cm³/mol. The molecule has 2 N–H and O–H groups in total. The molecule has 0 saturated heterocycles. The molecule has 1 aromatic carbocycles. The Morgan fingerprint density at radius 1 is 1.48 bits per heavy atom. The van der Waals surface area contributed by atoms with Crippen molar-refractivity contribution in [3.8, 4) is 5.69 Å². The van der Waals surface area contributed by atoms with Crippen LogP contribution in [0.5, 0.6) is 0 Å². The lowest BCUT2D eigenvalue weighted by Crippen LogP contribution is -2.30. The van der Waals surface area contributed by atoms with E-state index in [0.717, 1.165) is 0 Å². The van der Waals surface area contributed by atoms with Gasteiger partial charge in [-0.1, -0.05) is 6.07 Å². The van der Waals surface area contributed by atoms with Crippen molar-refractivity contribution in [3.05, 3.63) is 59.9 Å². The van der Waals surface area contributed by atoms with E-state index in [4.69, 9.17) is 0 Å². The molecule has 23 heavy (non-hydrogen) atoms. The Morgan fingerprint density at radius 3 is 2.96 bits per heavy atom. The molecular formula is C14H13FN6OS. The summed E-state index contributed by atoms with van der Waals surface area (Å²) in [5, 5.41) is 16.9. The molecule has 0 saturated carbocycles. The SMILES string of the molecule is O=C(CS)NC(c1ccc(-n2cccn2)c(F)c1)c1cn[nH]n1. The molecule has 0 aliphatic heterocycles. The third-order valence-electron chi connectivity index (χ3n) is 3.23. The average Bonchev–Trinajstić information content (AvgIpc) is 3.25. The number of amides is 1. The van der Waals surface area contributed by atoms with Gasteiger partial charge in [-0.2, -0.15) is 33.1 Å². The van der Waals surface area contributed by atoms with Crippen molar-refractivity contribution in [3.63, 3.8) is 0 Å². The summed E-state index contributed by atoms with van der Waals surface area (Å²) >= 11 is 3.94. The van der Waals surface area contributed by atoms with Crippen molar-refractivity contribution < 1.29 is 9.18 Å². The van der Waals surface area contributed by atoms with Gasteiger partial charge in [-0.05, 0) is 23.8 Å². The molecule has 1 amide bonds. The van der Waals surface area contributed by atoms with E-state index >= 15 is 0 Å². The molecule has 0 spiro atoms. The largest absolute Gasteiger partial charge is 0.343 e. The topological polar surface area (TPSA) is 88.5 Å². The van der Waals surface area contributed by atoms with Crippen molar-refractivity contribution in [1.82, 2.24) is 30.5 Å². The maximum atomic E-state index is 14.4. The summed E-state index contributed by atoms with van der Waals surface area (Å²) in [5.41, 5.74) is 1.34. The third-order valence-corrected chi connectivity index (χ3v) is 3.52. The Balaban J connectivity index is 1.96. The van der Waals surface area contributed by atoms with Crippen LogP contribution in [0.3, 0.4) is 0 Å². The predicted octanol–water partition coefficient (Wildman–Crippen LogP) is 1.26. The van der Waals surface area contributed by atoms with E-state index in [9.17, 15) is 9.18 Å². The van der Waals surface area contributed by atoms with Crippen LogP contribution in [0.1, 0.15) is 17.3 Å². The number of halogens is 1. The number of nitrogens with one attached hydrogen (secondary N) is 2. The molecule has 0 radical (unpaired) electrons. The maximum Gasteiger partial charge on any atom is 0.230 e. The van der Waals surface area contributed by atoms with Crippen LogP contribution in [0.25, 0.3) is 5.69 Å². The zero-order valence-electron chi connectivity index (χ0n) is 11.8. The molecule has 3 rings (SSSR count). The molecule has 118 valence electrons. The molecule has 2 aromatic heterocycles. The number of hydrogen-bond donors (Lipinski definition) is 3. The van der Waals surface area contributed by atoms with Gasteiger partial charge in [-0.3, -0.25) is 4.79 Å². The molecule has 9 heteroatoms. The molecule has 0 aliphatic carbocycles. The summed E-state index contributed by atoms with van der Waals surface area (Å²) in [6, 6.07) is 5.73. The smallest absolute Gasteiger partial charge is 0.230 e. The molecule has 3 aromatic rings. The fourth-order valence-electron chi connectivity index (χ4n) is 2.18. The van der Waals surface area contributed by atoms with Crippen LogP contribution in [-0.4, -0.2) is 36.9 Å². The number of carbonyl (C=O) groups excluding carboxylic acids is 1. The van der Waals surface area contributed by atoms with Gasteiger partial charge in [-0.25, -0.2) is 9.07 Å². The van der Waals surface area contributed by atoms with Gasteiger partial charge in [0.1, 0.15) is 23.2 Å².